The minimum absolute atomic E-state index is 0.128. The molecule has 21 heavy (non-hydrogen) atoms. The van der Waals surface area contributed by atoms with Crippen molar-refractivity contribution in [1.29, 1.82) is 0 Å². The highest BCUT2D eigenvalue weighted by Crippen LogP contribution is 2.18. The molecule has 2 aromatic carbocycles. The lowest BCUT2D eigenvalue weighted by Crippen LogP contribution is -2.30. The van der Waals surface area contributed by atoms with Crippen LogP contribution < -0.4 is 8.86 Å². The number of methoxy groups -OCH3 is 1. The Hall–Kier alpha value is -1.90. The Labute approximate surface area is 123 Å². The standard InChI is InChI=1S/C13H13NO5S2/c1-19-11-6-5-9-13(10-11)21(17,18)14-20(15,16)12-7-3-2-4-8-12/h2-10,14H,1H3. The van der Waals surface area contributed by atoms with Crippen LogP contribution in [0.3, 0.4) is 0 Å². The molecule has 0 fully saturated rings. The molecular formula is C13H13NO5S2. The molecule has 0 spiro atoms. The molecular weight excluding hydrogens is 314 g/mol. The molecule has 6 nitrogen and oxygen atoms in total. The third-order valence-electron chi connectivity index (χ3n) is 2.62. The van der Waals surface area contributed by atoms with Gasteiger partial charge in [0.05, 0.1) is 16.9 Å². The molecule has 8 heteroatoms. The zero-order valence-corrected chi connectivity index (χ0v) is 12.7. The Morgan fingerprint density at radius 3 is 2.00 bits per heavy atom. The van der Waals surface area contributed by atoms with Crippen molar-refractivity contribution in [3.8, 4) is 5.75 Å². The van der Waals surface area contributed by atoms with Gasteiger partial charge in [0.1, 0.15) is 5.75 Å². The van der Waals surface area contributed by atoms with Gasteiger partial charge >= 0.3 is 0 Å². The summed E-state index contributed by atoms with van der Waals surface area (Å²) in [5, 5.41) is 0. The minimum atomic E-state index is -4.22. The van der Waals surface area contributed by atoms with Gasteiger partial charge in [-0.1, -0.05) is 24.3 Å². The normalized spacial score (nSPS) is 12.0. The first kappa shape index (κ1) is 15.5. The summed E-state index contributed by atoms with van der Waals surface area (Å²) >= 11 is 0. The topological polar surface area (TPSA) is 89.5 Å². The fraction of sp³-hybridized carbons (Fsp3) is 0.0769. The van der Waals surface area contributed by atoms with E-state index in [0.29, 0.717) is 5.75 Å². The van der Waals surface area contributed by atoms with Crippen molar-refractivity contribution in [1.82, 2.24) is 4.13 Å². The molecule has 2 rings (SSSR count). The molecule has 0 bridgehead atoms. The molecule has 0 radical (unpaired) electrons. The van der Waals surface area contributed by atoms with E-state index in [1.54, 1.807) is 16.3 Å². The zero-order valence-electron chi connectivity index (χ0n) is 11.1. The summed E-state index contributed by atoms with van der Waals surface area (Å²) < 4.78 is 55.0. The Morgan fingerprint density at radius 2 is 1.38 bits per heavy atom. The number of benzene rings is 2. The molecule has 0 amide bonds. The van der Waals surface area contributed by atoms with Crippen molar-refractivity contribution < 1.29 is 21.6 Å². The summed E-state index contributed by atoms with van der Waals surface area (Å²) in [6, 6.07) is 12.8. The molecule has 0 aromatic heterocycles. The first-order valence-corrected chi connectivity index (χ1v) is 8.79. The summed E-state index contributed by atoms with van der Waals surface area (Å²) in [4.78, 5) is -0.321. The monoisotopic (exact) mass is 327 g/mol. The number of hydrogen-bond acceptors (Lipinski definition) is 5. The maximum Gasteiger partial charge on any atom is 0.253 e. The lowest BCUT2D eigenvalue weighted by molar-refractivity contribution is 0.413. The summed E-state index contributed by atoms with van der Waals surface area (Å²) in [6.07, 6.45) is 0. The average molecular weight is 327 g/mol. The molecule has 0 aliphatic carbocycles. The van der Waals surface area contributed by atoms with Crippen molar-refractivity contribution in [2.75, 3.05) is 7.11 Å². The number of hydrogen-bond donors (Lipinski definition) is 1. The van der Waals surface area contributed by atoms with Crippen LogP contribution in [0.1, 0.15) is 0 Å². The zero-order chi connectivity index (χ0) is 15.5. The van der Waals surface area contributed by atoms with Crippen LogP contribution in [0.25, 0.3) is 0 Å². The number of rotatable bonds is 5. The van der Waals surface area contributed by atoms with E-state index < -0.39 is 20.0 Å². The van der Waals surface area contributed by atoms with E-state index in [4.69, 9.17) is 4.74 Å². The van der Waals surface area contributed by atoms with Gasteiger partial charge < -0.3 is 4.74 Å². The summed E-state index contributed by atoms with van der Waals surface area (Å²) in [7, 11) is -6.99. The molecule has 0 atom stereocenters. The van der Waals surface area contributed by atoms with Crippen LogP contribution in [0.5, 0.6) is 5.75 Å². The van der Waals surface area contributed by atoms with Gasteiger partial charge in [0, 0.05) is 6.07 Å². The summed E-state index contributed by atoms with van der Waals surface area (Å²) in [6.45, 7) is 0. The fourth-order valence-corrected chi connectivity index (χ4v) is 4.58. The van der Waals surface area contributed by atoms with Crippen molar-refractivity contribution in [3.63, 3.8) is 0 Å². The van der Waals surface area contributed by atoms with Crippen molar-refractivity contribution in [2.45, 2.75) is 9.79 Å². The third kappa shape index (κ3) is 3.60. The smallest absolute Gasteiger partial charge is 0.253 e. The average Bonchev–Trinajstić information content (AvgIpc) is 2.47. The second-order valence-corrected chi connectivity index (χ2v) is 7.71. The molecule has 0 unspecified atom stereocenters. The van der Waals surface area contributed by atoms with Crippen LogP contribution >= 0.6 is 0 Å². The third-order valence-corrected chi connectivity index (χ3v) is 6.15. The van der Waals surface area contributed by atoms with Gasteiger partial charge in [0.25, 0.3) is 20.0 Å². The van der Waals surface area contributed by atoms with Crippen molar-refractivity contribution in [2.24, 2.45) is 0 Å². The van der Waals surface area contributed by atoms with Gasteiger partial charge in [-0.15, -0.1) is 4.13 Å². The van der Waals surface area contributed by atoms with Crippen LogP contribution in [-0.2, 0) is 20.0 Å². The first-order valence-electron chi connectivity index (χ1n) is 5.83. The van der Waals surface area contributed by atoms with Gasteiger partial charge in [-0.25, -0.2) is 16.8 Å². The molecule has 0 aliphatic rings. The quantitative estimate of drug-likeness (QED) is 0.895. The molecule has 1 N–H and O–H groups in total. The SMILES string of the molecule is COc1cccc(S(=O)(=O)NS(=O)(=O)c2ccccc2)c1. The van der Waals surface area contributed by atoms with Crippen LogP contribution in [0.15, 0.2) is 64.4 Å². The van der Waals surface area contributed by atoms with E-state index in [9.17, 15) is 16.8 Å². The van der Waals surface area contributed by atoms with Crippen LogP contribution in [0, 0.1) is 0 Å². The highest BCUT2D eigenvalue weighted by atomic mass is 32.3. The van der Waals surface area contributed by atoms with Gasteiger partial charge in [0.2, 0.25) is 0 Å². The van der Waals surface area contributed by atoms with E-state index in [1.165, 1.54) is 49.6 Å². The van der Waals surface area contributed by atoms with Crippen molar-refractivity contribution in [3.05, 3.63) is 54.6 Å². The first-order chi connectivity index (χ1) is 9.85. The lowest BCUT2D eigenvalue weighted by atomic mass is 10.3. The van der Waals surface area contributed by atoms with E-state index >= 15 is 0 Å². The maximum absolute atomic E-state index is 12.1. The summed E-state index contributed by atoms with van der Waals surface area (Å²) in [5.74, 6) is 0.315. The largest absolute Gasteiger partial charge is 0.497 e. The Morgan fingerprint density at radius 1 is 0.810 bits per heavy atom. The van der Waals surface area contributed by atoms with Crippen molar-refractivity contribution >= 4 is 20.0 Å². The van der Waals surface area contributed by atoms with E-state index in [2.05, 4.69) is 0 Å². The van der Waals surface area contributed by atoms with Crippen LogP contribution in [-0.4, -0.2) is 23.9 Å². The molecule has 0 heterocycles. The van der Waals surface area contributed by atoms with E-state index in [-0.39, 0.29) is 9.79 Å². The summed E-state index contributed by atoms with van der Waals surface area (Å²) in [5.41, 5.74) is 0. The molecule has 2 aromatic rings. The van der Waals surface area contributed by atoms with E-state index in [0.717, 1.165) is 0 Å². The highest BCUT2D eigenvalue weighted by molar-refractivity contribution is 8.04. The van der Waals surface area contributed by atoms with Gasteiger partial charge in [-0.2, -0.15) is 0 Å². The number of nitrogens with one attached hydrogen (secondary N) is 1. The molecule has 0 saturated heterocycles. The highest BCUT2D eigenvalue weighted by Gasteiger charge is 2.24. The second-order valence-electron chi connectivity index (χ2n) is 4.08. The van der Waals surface area contributed by atoms with Gasteiger partial charge in [-0.3, -0.25) is 0 Å². The molecule has 0 saturated carbocycles. The minimum Gasteiger partial charge on any atom is -0.497 e. The fourth-order valence-electron chi connectivity index (χ4n) is 1.61. The van der Waals surface area contributed by atoms with E-state index in [1.807, 2.05) is 0 Å². The number of ether oxygens (including phenoxy) is 1. The Balaban J connectivity index is 2.37. The van der Waals surface area contributed by atoms with Crippen LogP contribution in [0.4, 0.5) is 0 Å². The predicted octanol–water partition coefficient (Wildman–Crippen LogP) is 1.36. The second kappa shape index (κ2) is 5.84. The molecule has 0 aliphatic heterocycles. The Bertz CT molecular complexity index is 830. The maximum atomic E-state index is 12.1. The lowest BCUT2D eigenvalue weighted by Gasteiger charge is -2.09. The Kier molecular flexibility index (Phi) is 4.31. The van der Waals surface area contributed by atoms with Gasteiger partial charge in [0.15, 0.2) is 0 Å². The molecule has 112 valence electrons. The predicted molar refractivity (Wildman–Crippen MR) is 76.9 cm³/mol. The van der Waals surface area contributed by atoms with Gasteiger partial charge in [-0.05, 0) is 24.3 Å². The van der Waals surface area contributed by atoms with Crippen LogP contribution in [0.2, 0.25) is 0 Å². The number of sulfonamides is 2.